The van der Waals surface area contributed by atoms with Gasteiger partial charge in [-0.15, -0.1) is 0 Å². The van der Waals surface area contributed by atoms with E-state index in [-0.39, 0.29) is 5.57 Å². The van der Waals surface area contributed by atoms with Crippen molar-refractivity contribution in [2.45, 2.75) is 6.92 Å². The highest BCUT2D eigenvalue weighted by Gasteiger charge is 2.34. The molecule has 1 N–H and O–H groups in total. The van der Waals surface area contributed by atoms with Gasteiger partial charge in [-0.2, -0.15) is 0 Å². The van der Waals surface area contributed by atoms with Gasteiger partial charge < -0.3 is 14.2 Å². The van der Waals surface area contributed by atoms with E-state index >= 15 is 0 Å². The van der Waals surface area contributed by atoms with Crippen LogP contribution in [0.25, 0.3) is 6.08 Å². The number of amides is 2. The molecule has 8 heteroatoms. The van der Waals surface area contributed by atoms with Crippen molar-refractivity contribution in [3.63, 3.8) is 0 Å². The molecule has 2 amide bonds. The number of hydrazine groups is 1. The molecule has 0 radical (unpaired) electrons. The van der Waals surface area contributed by atoms with Crippen LogP contribution >= 0.6 is 15.9 Å². The highest BCUT2D eigenvalue weighted by molar-refractivity contribution is 9.10. The van der Waals surface area contributed by atoms with Crippen LogP contribution in [0.15, 0.2) is 76.8 Å². The van der Waals surface area contributed by atoms with E-state index in [9.17, 15) is 9.59 Å². The van der Waals surface area contributed by atoms with Crippen molar-refractivity contribution in [2.75, 3.05) is 25.3 Å². The maximum atomic E-state index is 12.8. The Labute approximate surface area is 206 Å². The summed E-state index contributed by atoms with van der Waals surface area (Å²) in [5.74, 6) is 0.830. The van der Waals surface area contributed by atoms with Crippen LogP contribution < -0.4 is 24.6 Å². The van der Waals surface area contributed by atoms with Crippen molar-refractivity contribution in [3.05, 3.63) is 87.9 Å². The first kappa shape index (κ1) is 23.4. The molecule has 7 nitrogen and oxygen atoms in total. The van der Waals surface area contributed by atoms with Crippen LogP contribution in [0.1, 0.15) is 11.1 Å². The lowest BCUT2D eigenvalue weighted by atomic mass is 10.1. The quantitative estimate of drug-likeness (QED) is 0.264. The normalized spacial score (nSPS) is 14.3. The molecule has 1 saturated heterocycles. The van der Waals surface area contributed by atoms with E-state index in [4.69, 9.17) is 14.2 Å². The predicted octanol–water partition coefficient (Wildman–Crippen LogP) is 4.69. The van der Waals surface area contributed by atoms with Gasteiger partial charge in [0.05, 0.1) is 17.3 Å². The molecule has 0 saturated carbocycles. The number of nitrogens with zero attached hydrogens (tertiary/aromatic N) is 1. The second-order valence-corrected chi connectivity index (χ2v) is 8.37. The van der Waals surface area contributed by atoms with Crippen LogP contribution in [0, 0.1) is 6.92 Å². The fourth-order valence-electron chi connectivity index (χ4n) is 3.38. The SMILES string of the molecule is COc1cc(/C=C2\C(=O)NN(c3ccccc3)C2=O)cc(Br)c1OCCOc1ccc(C)cc1. The van der Waals surface area contributed by atoms with Gasteiger partial charge in [0, 0.05) is 0 Å². The summed E-state index contributed by atoms with van der Waals surface area (Å²) in [5, 5.41) is 1.23. The minimum atomic E-state index is -0.475. The van der Waals surface area contributed by atoms with Crippen LogP contribution in [0.4, 0.5) is 5.69 Å². The number of aryl methyl sites for hydroxylation is 1. The van der Waals surface area contributed by atoms with Crippen molar-refractivity contribution in [1.82, 2.24) is 5.43 Å². The number of rotatable bonds is 8. The summed E-state index contributed by atoms with van der Waals surface area (Å²) in [7, 11) is 1.53. The fraction of sp³-hybridized carbons (Fsp3) is 0.154. The van der Waals surface area contributed by atoms with E-state index in [0.717, 1.165) is 11.3 Å². The molecule has 0 unspecified atom stereocenters. The molecule has 1 aliphatic heterocycles. The zero-order valence-electron chi connectivity index (χ0n) is 18.7. The fourth-order valence-corrected chi connectivity index (χ4v) is 3.96. The van der Waals surface area contributed by atoms with E-state index in [2.05, 4.69) is 21.4 Å². The van der Waals surface area contributed by atoms with Gasteiger partial charge >= 0.3 is 0 Å². The van der Waals surface area contributed by atoms with Crippen LogP contribution in [-0.4, -0.2) is 32.1 Å². The summed E-state index contributed by atoms with van der Waals surface area (Å²) in [6.45, 7) is 2.68. The molecule has 4 rings (SSSR count). The topological polar surface area (TPSA) is 77.1 Å². The van der Waals surface area contributed by atoms with Crippen molar-refractivity contribution in [1.29, 1.82) is 0 Å². The Morgan fingerprint density at radius 3 is 2.38 bits per heavy atom. The average molecular weight is 523 g/mol. The Morgan fingerprint density at radius 1 is 0.971 bits per heavy atom. The number of halogens is 1. The Bertz CT molecular complexity index is 1230. The smallest absolute Gasteiger partial charge is 0.282 e. The second-order valence-electron chi connectivity index (χ2n) is 7.52. The Balaban J connectivity index is 1.47. The monoisotopic (exact) mass is 522 g/mol. The number of carbonyl (C=O) groups excluding carboxylic acids is 2. The minimum absolute atomic E-state index is 0.0259. The molecule has 0 aromatic heterocycles. The predicted molar refractivity (Wildman–Crippen MR) is 133 cm³/mol. The number of nitrogens with one attached hydrogen (secondary N) is 1. The molecule has 1 aliphatic rings. The largest absolute Gasteiger partial charge is 0.493 e. The molecular formula is C26H23BrN2O5. The highest BCUT2D eigenvalue weighted by Crippen LogP contribution is 2.37. The zero-order chi connectivity index (χ0) is 24.1. The van der Waals surface area contributed by atoms with Gasteiger partial charge in [0.2, 0.25) is 0 Å². The first-order valence-electron chi connectivity index (χ1n) is 10.6. The van der Waals surface area contributed by atoms with Gasteiger partial charge in [0.1, 0.15) is 24.5 Å². The van der Waals surface area contributed by atoms with Crippen LogP contribution in [-0.2, 0) is 9.59 Å². The molecule has 0 aliphatic carbocycles. The van der Waals surface area contributed by atoms with Gasteiger partial charge in [-0.25, -0.2) is 5.01 Å². The maximum absolute atomic E-state index is 12.8. The standard InChI is InChI=1S/C26H23BrN2O5/c1-17-8-10-20(11-9-17)33-12-13-34-24-22(27)15-18(16-23(24)32-2)14-21-25(30)28-29(26(21)31)19-6-4-3-5-7-19/h3-11,14-16H,12-13H2,1-2H3,(H,28,30)/b21-14+. The number of anilines is 1. The van der Waals surface area contributed by atoms with Crippen LogP contribution in [0.2, 0.25) is 0 Å². The van der Waals surface area contributed by atoms with Gasteiger partial charge in [-0.05, 0) is 70.9 Å². The molecule has 34 heavy (non-hydrogen) atoms. The number of benzene rings is 3. The van der Waals surface area contributed by atoms with E-state index in [1.54, 1.807) is 36.4 Å². The summed E-state index contributed by atoms with van der Waals surface area (Å²) in [5.41, 5.74) is 4.97. The third kappa shape index (κ3) is 5.23. The van der Waals surface area contributed by atoms with Crippen molar-refractivity contribution < 1.29 is 23.8 Å². The third-order valence-corrected chi connectivity index (χ3v) is 5.68. The average Bonchev–Trinajstić information content (AvgIpc) is 3.12. The van der Waals surface area contributed by atoms with Gasteiger partial charge in [-0.1, -0.05) is 35.9 Å². The lowest BCUT2D eigenvalue weighted by Gasteiger charge is -2.14. The third-order valence-electron chi connectivity index (χ3n) is 5.09. The summed E-state index contributed by atoms with van der Waals surface area (Å²) in [6, 6.07) is 20.2. The first-order valence-corrected chi connectivity index (χ1v) is 11.4. The number of carbonyl (C=O) groups is 2. The summed E-state index contributed by atoms with van der Waals surface area (Å²) >= 11 is 3.50. The lowest BCUT2D eigenvalue weighted by molar-refractivity contribution is -0.117. The molecule has 3 aromatic carbocycles. The van der Waals surface area contributed by atoms with E-state index in [0.29, 0.717) is 40.4 Å². The number of hydrogen-bond acceptors (Lipinski definition) is 5. The van der Waals surface area contributed by atoms with Crippen molar-refractivity contribution in [3.8, 4) is 17.2 Å². The van der Waals surface area contributed by atoms with Gasteiger partial charge in [-0.3, -0.25) is 15.0 Å². The van der Waals surface area contributed by atoms with Crippen molar-refractivity contribution in [2.24, 2.45) is 0 Å². The van der Waals surface area contributed by atoms with E-state index in [1.807, 2.05) is 37.3 Å². The summed E-state index contributed by atoms with van der Waals surface area (Å²) < 4.78 is 17.7. The maximum Gasteiger partial charge on any atom is 0.282 e. The second kappa shape index (κ2) is 10.4. The number of ether oxygens (including phenoxy) is 3. The zero-order valence-corrected chi connectivity index (χ0v) is 20.3. The van der Waals surface area contributed by atoms with Crippen LogP contribution in [0.3, 0.4) is 0 Å². The van der Waals surface area contributed by atoms with Crippen molar-refractivity contribution >= 4 is 39.5 Å². The van der Waals surface area contributed by atoms with E-state index < -0.39 is 11.8 Å². The molecule has 174 valence electrons. The molecule has 3 aromatic rings. The van der Waals surface area contributed by atoms with E-state index in [1.165, 1.54) is 18.2 Å². The minimum Gasteiger partial charge on any atom is -0.493 e. The Hall–Kier alpha value is -3.78. The number of hydrogen-bond donors (Lipinski definition) is 1. The molecule has 0 atom stereocenters. The molecule has 0 bridgehead atoms. The highest BCUT2D eigenvalue weighted by atomic mass is 79.9. The first-order chi connectivity index (χ1) is 16.5. The Kier molecular flexibility index (Phi) is 7.18. The van der Waals surface area contributed by atoms with Crippen LogP contribution in [0.5, 0.6) is 17.2 Å². The molecule has 1 fully saturated rings. The van der Waals surface area contributed by atoms with Gasteiger partial charge in [0.25, 0.3) is 11.8 Å². The summed E-state index contributed by atoms with van der Waals surface area (Å²) in [6.07, 6.45) is 1.53. The summed E-state index contributed by atoms with van der Waals surface area (Å²) in [4.78, 5) is 25.3. The molecule has 1 heterocycles. The van der Waals surface area contributed by atoms with Gasteiger partial charge in [0.15, 0.2) is 11.5 Å². The molecular weight excluding hydrogens is 500 g/mol. The number of methoxy groups -OCH3 is 1. The molecule has 0 spiro atoms. The number of para-hydroxylation sites is 1. The lowest BCUT2D eigenvalue weighted by Crippen LogP contribution is -2.35. The Morgan fingerprint density at radius 2 is 1.68 bits per heavy atom.